The predicted molar refractivity (Wildman–Crippen MR) is 171 cm³/mol. The highest BCUT2D eigenvalue weighted by molar-refractivity contribution is 5.95. The van der Waals surface area contributed by atoms with E-state index in [9.17, 15) is 9.59 Å². The number of rotatable bonds is 8. The van der Waals surface area contributed by atoms with Crippen molar-refractivity contribution in [2.45, 2.75) is 37.8 Å². The molecule has 1 N–H and O–H groups in total. The lowest BCUT2D eigenvalue weighted by atomic mass is 9.98. The average molecular weight is 587 g/mol. The van der Waals surface area contributed by atoms with Gasteiger partial charge in [0.05, 0.1) is 0 Å². The molecule has 2 amide bonds. The fraction of sp³-hybridized carbons (Fsp3) is 0.257. The van der Waals surface area contributed by atoms with Gasteiger partial charge in [0.2, 0.25) is 11.9 Å². The number of hydrogen-bond donors (Lipinski definition) is 1. The zero-order valence-electron chi connectivity index (χ0n) is 25.0. The van der Waals surface area contributed by atoms with Crippen LogP contribution < -0.4 is 10.2 Å². The van der Waals surface area contributed by atoms with Crippen molar-refractivity contribution >= 4 is 29.3 Å². The maximum absolute atomic E-state index is 13.5. The molecule has 5 aromatic rings. The van der Waals surface area contributed by atoms with Gasteiger partial charge in [0, 0.05) is 49.1 Å². The molecule has 7 rings (SSSR count). The minimum atomic E-state index is -0.757. The van der Waals surface area contributed by atoms with Gasteiger partial charge in [0.25, 0.3) is 0 Å². The molecule has 9 nitrogen and oxygen atoms in total. The van der Waals surface area contributed by atoms with E-state index in [1.165, 1.54) is 11.1 Å². The molecule has 0 bridgehead atoms. The molecule has 1 saturated carbocycles. The largest absolute Gasteiger partial charge is 0.448 e. The first-order chi connectivity index (χ1) is 21.4. The number of nitrogens with one attached hydrogen (secondary N) is 1. The molecule has 44 heavy (non-hydrogen) atoms. The van der Waals surface area contributed by atoms with Crippen molar-refractivity contribution < 1.29 is 14.3 Å². The molecule has 2 heterocycles. The average Bonchev–Trinajstić information content (AvgIpc) is 3.70. The van der Waals surface area contributed by atoms with Gasteiger partial charge >= 0.3 is 6.09 Å². The summed E-state index contributed by atoms with van der Waals surface area (Å²) in [5.41, 5.74) is 8.38. The van der Waals surface area contributed by atoms with E-state index in [2.05, 4.69) is 56.7 Å². The molecule has 0 saturated heterocycles. The Bertz CT molecular complexity index is 1830. The van der Waals surface area contributed by atoms with Crippen LogP contribution in [0, 0.1) is 0 Å². The number of pyridine rings is 1. The topological polar surface area (TPSA) is 92.1 Å². The van der Waals surface area contributed by atoms with Crippen molar-refractivity contribution in [1.29, 1.82) is 0 Å². The molecule has 3 aromatic carbocycles. The summed E-state index contributed by atoms with van der Waals surface area (Å²) in [7, 11) is 4.02. The van der Waals surface area contributed by atoms with Gasteiger partial charge in [-0.25, -0.2) is 9.31 Å². The van der Waals surface area contributed by atoms with Crippen LogP contribution in [-0.2, 0) is 9.53 Å². The first-order valence-electron chi connectivity index (χ1n) is 15.0. The standard InChI is InChI=1S/C35H34N6O3/c1-22(33(42)37-34-36-32-19-16-23(20-40(32)38-34)25-10-8-9-15-31(25)39(2)3)41(24-17-18-24)35(43)44-21-30-28-13-6-4-11-26(28)27-12-5-7-14-29(27)30/h4-16,19-20,22,24,30H,17-18,21H2,1-3H3,(H,37,38,42)/t22-/m0/s1. The van der Waals surface area contributed by atoms with Crippen molar-refractivity contribution in [3.63, 3.8) is 0 Å². The maximum Gasteiger partial charge on any atom is 0.410 e. The summed E-state index contributed by atoms with van der Waals surface area (Å²) in [5, 5.41) is 7.34. The molecule has 0 unspecified atom stereocenters. The lowest BCUT2D eigenvalue weighted by Gasteiger charge is -2.28. The summed E-state index contributed by atoms with van der Waals surface area (Å²) in [5.74, 6) is -0.226. The number of carbonyl (C=O) groups is 2. The number of nitrogens with zero attached hydrogens (tertiary/aromatic N) is 5. The molecule has 0 spiro atoms. The van der Waals surface area contributed by atoms with Crippen LogP contribution in [0.1, 0.15) is 36.8 Å². The highest BCUT2D eigenvalue weighted by atomic mass is 16.6. The molecule has 1 fully saturated rings. The second-order valence-electron chi connectivity index (χ2n) is 11.7. The SMILES string of the molecule is C[C@@H](C(=O)Nc1nc2ccc(-c3ccccc3N(C)C)cn2n1)N(C(=O)OCC1c2ccccc2-c2ccccc21)C1CC1. The van der Waals surface area contributed by atoms with Gasteiger partial charge in [0.15, 0.2) is 5.65 Å². The number of amides is 2. The third-order valence-electron chi connectivity index (χ3n) is 8.55. The highest BCUT2D eigenvalue weighted by Crippen LogP contribution is 2.44. The molecular formula is C35H34N6O3. The van der Waals surface area contributed by atoms with E-state index in [0.29, 0.717) is 5.65 Å². The van der Waals surface area contributed by atoms with Crippen molar-refractivity contribution in [2.75, 3.05) is 30.9 Å². The van der Waals surface area contributed by atoms with Crippen LogP contribution in [0.3, 0.4) is 0 Å². The van der Waals surface area contributed by atoms with Gasteiger partial charge in [-0.05, 0) is 60.2 Å². The third kappa shape index (κ3) is 5.04. The first kappa shape index (κ1) is 27.6. The quantitative estimate of drug-likeness (QED) is 0.233. The van der Waals surface area contributed by atoms with Gasteiger partial charge in [-0.15, -0.1) is 5.10 Å². The lowest BCUT2D eigenvalue weighted by molar-refractivity contribution is -0.120. The maximum atomic E-state index is 13.5. The molecule has 9 heteroatoms. The number of aromatic nitrogens is 3. The predicted octanol–water partition coefficient (Wildman–Crippen LogP) is 6.20. The Hall–Kier alpha value is -5.18. The molecule has 2 aliphatic rings. The smallest absolute Gasteiger partial charge is 0.410 e. The zero-order valence-corrected chi connectivity index (χ0v) is 25.0. The van der Waals surface area contributed by atoms with E-state index in [-0.39, 0.29) is 30.4 Å². The van der Waals surface area contributed by atoms with Gasteiger partial charge in [-0.3, -0.25) is 15.0 Å². The number of hydrogen-bond acceptors (Lipinski definition) is 6. The van der Waals surface area contributed by atoms with E-state index in [4.69, 9.17) is 4.74 Å². The Labute approximate surface area is 256 Å². The van der Waals surface area contributed by atoms with Crippen LogP contribution in [0.4, 0.5) is 16.4 Å². The Morgan fingerprint density at radius 1 is 0.909 bits per heavy atom. The Kier molecular flexibility index (Phi) is 7.00. The van der Waals surface area contributed by atoms with Crippen LogP contribution in [0.15, 0.2) is 91.1 Å². The molecule has 0 radical (unpaired) electrons. The van der Waals surface area contributed by atoms with E-state index in [1.54, 1.807) is 16.3 Å². The summed E-state index contributed by atoms with van der Waals surface area (Å²) < 4.78 is 7.58. The van der Waals surface area contributed by atoms with Gasteiger partial charge in [0.1, 0.15) is 12.6 Å². The molecule has 1 atom stereocenters. The van der Waals surface area contributed by atoms with Crippen LogP contribution in [0.25, 0.3) is 27.9 Å². The summed E-state index contributed by atoms with van der Waals surface area (Å²) in [6.45, 7) is 1.93. The van der Waals surface area contributed by atoms with E-state index in [0.717, 1.165) is 40.8 Å². The number of ether oxygens (including phenoxy) is 1. The molecule has 2 aromatic heterocycles. The normalized spacial score (nSPS) is 14.5. The number of anilines is 2. The number of fused-ring (bicyclic) bond motifs is 4. The monoisotopic (exact) mass is 586 g/mol. The summed E-state index contributed by atoms with van der Waals surface area (Å²) in [6, 6.07) is 27.7. The first-order valence-corrected chi connectivity index (χ1v) is 15.0. The fourth-order valence-corrected chi connectivity index (χ4v) is 6.19. The Balaban J connectivity index is 1.05. The Morgan fingerprint density at radius 3 is 2.20 bits per heavy atom. The fourth-order valence-electron chi connectivity index (χ4n) is 6.19. The number of benzene rings is 3. The van der Waals surface area contributed by atoms with Gasteiger partial charge in [-0.1, -0.05) is 66.7 Å². The zero-order chi connectivity index (χ0) is 30.4. The van der Waals surface area contributed by atoms with E-state index >= 15 is 0 Å². The summed E-state index contributed by atoms with van der Waals surface area (Å²) in [4.78, 5) is 35.0. The number of para-hydroxylation sites is 1. The van der Waals surface area contributed by atoms with Gasteiger partial charge in [-0.2, -0.15) is 4.98 Å². The van der Waals surface area contributed by atoms with Crippen LogP contribution in [-0.4, -0.2) is 64.3 Å². The molecular weight excluding hydrogens is 552 g/mol. The summed E-state index contributed by atoms with van der Waals surface area (Å²) >= 11 is 0. The molecule has 2 aliphatic carbocycles. The van der Waals surface area contributed by atoms with Gasteiger partial charge < -0.3 is 9.64 Å². The highest BCUT2D eigenvalue weighted by Gasteiger charge is 2.40. The van der Waals surface area contributed by atoms with Crippen LogP contribution in [0.5, 0.6) is 0 Å². The van der Waals surface area contributed by atoms with Crippen LogP contribution in [0.2, 0.25) is 0 Å². The van der Waals surface area contributed by atoms with Crippen molar-refractivity contribution in [1.82, 2.24) is 19.5 Å². The molecule has 0 aliphatic heterocycles. The minimum Gasteiger partial charge on any atom is -0.448 e. The minimum absolute atomic E-state index is 0.0280. The van der Waals surface area contributed by atoms with Crippen molar-refractivity contribution in [3.8, 4) is 22.3 Å². The van der Waals surface area contributed by atoms with E-state index in [1.807, 2.05) is 68.8 Å². The Morgan fingerprint density at radius 2 is 1.55 bits per heavy atom. The second kappa shape index (κ2) is 11.1. The van der Waals surface area contributed by atoms with Crippen LogP contribution >= 0.6 is 0 Å². The lowest BCUT2D eigenvalue weighted by Crippen LogP contribution is -2.47. The summed E-state index contributed by atoms with van der Waals surface area (Å²) in [6.07, 6.45) is 3.10. The molecule has 222 valence electrons. The van der Waals surface area contributed by atoms with Crippen molar-refractivity contribution in [2.24, 2.45) is 0 Å². The third-order valence-corrected chi connectivity index (χ3v) is 8.55. The van der Waals surface area contributed by atoms with E-state index < -0.39 is 12.1 Å². The van der Waals surface area contributed by atoms with Crippen molar-refractivity contribution in [3.05, 3.63) is 102 Å². The number of carbonyl (C=O) groups excluding carboxylic acids is 2. The second-order valence-corrected chi connectivity index (χ2v) is 11.7.